The molecule has 0 aliphatic heterocycles. The van der Waals surface area contributed by atoms with Crippen molar-refractivity contribution >= 4 is 44.3 Å². The Morgan fingerprint density at radius 2 is 2.21 bits per heavy atom. The zero-order valence-corrected chi connectivity index (χ0v) is 17.7. The van der Waals surface area contributed by atoms with E-state index in [4.69, 9.17) is 16.3 Å². The molecule has 0 aliphatic rings. The van der Waals surface area contributed by atoms with Crippen LogP contribution in [0.5, 0.6) is 0 Å². The fourth-order valence-corrected chi connectivity index (χ4v) is 3.69. The van der Waals surface area contributed by atoms with Crippen LogP contribution in [0.1, 0.15) is 27.9 Å². The van der Waals surface area contributed by atoms with Crippen LogP contribution in [0.15, 0.2) is 47.7 Å². The van der Waals surface area contributed by atoms with Gasteiger partial charge >= 0.3 is 0 Å². The molecule has 2 aromatic carbocycles. The molecule has 28 heavy (non-hydrogen) atoms. The van der Waals surface area contributed by atoms with Crippen LogP contribution in [-0.2, 0) is 18.2 Å². The summed E-state index contributed by atoms with van der Waals surface area (Å²) >= 11 is 9.67. The molecular weight excluding hydrogens is 447 g/mol. The number of carbonyl (C=O) groups excluding carboxylic acids is 1. The monoisotopic (exact) mass is 464 g/mol. The van der Waals surface area contributed by atoms with E-state index in [2.05, 4.69) is 27.5 Å². The maximum atomic E-state index is 15.3. The predicted molar refractivity (Wildman–Crippen MR) is 113 cm³/mol. The number of aromatic nitrogens is 2. The number of Topliss-reactive ketones (excluding diaryl/α,β-unsaturated/α-hetero) is 1. The van der Waals surface area contributed by atoms with Crippen LogP contribution in [0, 0.1) is 5.82 Å². The number of imidazole rings is 1. The Hall–Kier alpha value is -2.02. The quantitative estimate of drug-likeness (QED) is 0.251. The third-order valence-corrected chi connectivity index (χ3v) is 5.29. The standard InChI is InChI=1S/C21H19BrClFN2O2/c1-3-4-7-28-11-19(27)15-10-18-21(25-12-26(18)2)20(24)16(15)8-13-5-6-14(22)9-17(13)23/h3,5-6,9-10,12H,1,4,7-8,11H2,2H3. The minimum atomic E-state index is -0.508. The van der Waals surface area contributed by atoms with E-state index in [1.54, 1.807) is 29.8 Å². The first-order chi connectivity index (χ1) is 13.4. The number of benzene rings is 2. The number of halogens is 3. The molecule has 7 heteroatoms. The highest BCUT2D eigenvalue weighted by atomic mass is 79.9. The van der Waals surface area contributed by atoms with Crippen LogP contribution in [-0.4, -0.2) is 28.5 Å². The highest BCUT2D eigenvalue weighted by Gasteiger charge is 2.22. The second kappa shape index (κ2) is 8.99. The Morgan fingerprint density at radius 1 is 1.43 bits per heavy atom. The molecule has 0 amide bonds. The molecule has 0 radical (unpaired) electrons. The number of aryl methyl sites for hydroxylation is 1. The number of hydrogen-bond acceptors (Lipinski definition) is 3. The second-order valence-electron chi connectivity index (χ2n) is 6.41. The van der Waals surface area contributed by atoms with Gasteiger partial charge in [0, 0.05) is 34.1 Å². The number of ether oxygens (including phenoxy) is 1. The Kier molecular flexibility index (Phi) is 6.65. The van der Waals surface area contributed by atoms with Crippen molar-refractivity contribution in [2.24, 2.45) is 7.05 Å². The summed E-state index contributed by atoms with van der Waals surface area (Å²) in [6.07, 6.45) is 4.06. The summed E-state index contributed by atoms with van der Waals surface area (Å²) in [4.78, 5) is 16.9. The number of fused-ring (bicyclic) bond motifs is 1. The molecule has 146 valence electrons. The van der Waals surface area contributed by atoms with Crippen LogP contribution >= 0.6 is 27.5 Å². The molecule has 0 spiro atoms. The van der Waals surface area contributed by atoms with Gasteiger partial charge in [-0.15, -0.1) is 6.58 Å². The normalized spacial score (nSPS) is 11.1. The number of hydrogen-bond donors (Lipinski definition) is 0. The first kappa shape index (κ1) is 20.7. The van der Waals surface area contributed by atoms with Crippen molar-refractivity contribution in [3.63, 3.8) is 0 Å². The largest absolute Gasteiger partial charge is 0.373 e. The van der Waals surface area contributed by atoms with Crippen molar-refractivity contribution in [1.82, 2.24) is 9.55 Å². The molecule has 0 atom stereocenters. The Balaban J connectivity index is 2.04. The van der Waals surface area contributed by atoms with Crippen molar-refractivity contribution in [1.29, 1.82) is 0 Å². The number of carbonyl (C=O) groups is 1. The Morgan fingerprint density at radius 3 is 2.93 bits per heavy atom. The summed E-state index contributed by atoms with van der Waals surface area (Å²) < 4.78 is 23.2. The van der Waals surface area contributed by atoms with E-state index < -0.39 is 5.82 Å². The average Bonchev–Trinajstić information content (AvgIpc) is 3.03. The number of ketones is 1. The fourth-order valence-electron chi connectivity index (χ4n) is 2.95. The van der Waals surface area contributed by atoms with Crippen molar-refractivity contribution in [3.8, 4) is 0 Å². The summed E-state index contributed by atoms with van der Waals surface area (Å²) in [6, 6.07) is 7.06. The van der Waals surface area contributed by atoms with E-state index >= 15 is 4.39 Å². The zero-order valence-electron chi connectivity index (χ0n) is 15.3. The lowest BCUT2D eigenvalue weighted by atomic mass is 9.95. The molecule has 1 aromatic heterocycles. The van der Waals surface area contributed by atoms with E-state index in [0.29, 0.717) is 23.6 Å². The lowest BCUT2D eigenvalue weighted by Gasteiger charge is -2.13. The molecule has 0 aliphatic carbocycles. The average molecular weight is 466 g/mol. The predicted octanol–water partition coefficient (Wildman–Crippen LogP) is 5.49. The first-order valence-electron chi connectivity index (χ1n) is 8.70. The summed E-state index contributed by atoms with van der Waals surface area (Å²) in [7, 11) is 1.76. The van der Waals surface area contributed by atoms with Crippen LogP contribution in [0.3, 0.4) is 0 Å². The summed E-state index contributed by atoms with van der Waals surface area (Å²) in [5, 5.41) is 0.496. The molecule has 0 unspecified atom stereocenters. The van der Waals surface area contributed by atoms with Gasteiger partial charge < -0.3 is 9.30 Å². The minimum absolute atomic E-state index is 0.127. The maximum Gasteiger partial charge on any atom is 0.188 e. The van der Waals surface area contributed by atoms with Crippen LogP contribution in [0.25, 0.3) is 11.0 Å². The third kappa shape index (κ3) is 4.35. The minimum Gasteiger partial charge on any atom is -0.373 e. The lowest BCUT2D eigenvalue weighted by molar-refractivity contribution is 0.0767. The summed E-state index contributed by atoms with van der Waals surface area (Å²) in [5.41, 5.74) is 2.06. The van der Waals surface area contributed by atoms with Gasteiger partial charge in [-0.2, -0.15) is 0 Å². The van der Waals surface area contributed by atoms with Crippen molar-refractivity contribution in [2.75, 3.05) is 13.2 Å². The van der Waals surface area contributed by atoms with Crippen molar-refractivity contribution < 1.29 is 13.9 Å². The van der Waals surface area contributed by atoms with Gasteiger partial charge in [0.2, 0.25) is 0 Å². The number of nitrogens with zero attached hydrogens (tertiary/aromatic N) is 2. The molecule has 0 bridgehead atoms. The van der Waals surface area contributed by atoms with E-state index in [1.165, 1.54) is 6.33 Å². The molecule has 0 fully saturated rings. The van der Waals surface area contributed by atoms with E-state index in [1.807, 2.05) is 12.1 Å². The SMILES string of the molecule is C=CCCOCC(=O)c1cc2c(ncn2C)c(F)c1Cc1ccc(Br)cc1Cl. The highest BCUT2D eigenvalue weighted by molar-refractivity contribution is 9.10. The lowest BCUT2D eigenvalue weighted by Crippen LogP contribution is -2.14. The summed E-state index contributed by atoms with van der Waals surface area (Å²) in [5.74, 6) is -0.791. The van der Waals surface area contributed by atoms with Crippen LogP contribution in [0.4, 0.5) is 4.39 Å². The highest BCUT2D eigenvalue weighted by Crippen LogP contribution is 2.29. The molecule has 0 N–H and O–H groups in total. The summed E-state index contributed by atoms with van der Waals surface area (Å²) in [6.45, 7) is 3.88. The maximum absolute atomic E-state index is 15.3. The second-order valence-corrected chi connectivity index (χ2v) is 7.73. The van der Waals surface area contributed by atoms with Gasteiger partial charge in [-0.25, -0.2) is 9.37 Å². The van der Waals surface area contributed by atoms with Gasteiger partial charge in [-0.1, -0.05) is 39.7 Å². The van der Waals surface area contributed by atoms with E-state index in [-0.39, 0.29) is 35.5 Å². The van der Waals surface area contributed by atoms with Gasteiger partial charge in [-0.3, -0.25) is 4.79 Å². The fraction of sp³-hybridized carbons (Fsp3) is 0.238. The molecule has 0 saturated heterocycles. The molecule has 1 heterocycles. The van der Waals surface area contributed by atoms with Crippen LogP contribution < -0.4 is 0 Å². The molecule has 3 aromatic rings. The van der Waals surface area contributed by atoms with Gasteiger partial charge in [0.25, 0.3) is 0 Å². The van der Waals surface area contributed by atoms with E-state index in [0.717, 1.165) is 10.0 Å². The van der Waals surface area contributed by atoms with Crippen molar-refractivity contribution in [3.05, 3.63) is 75.3 Å². The van der Waals surface area contributed by atoms with Gasteiger partial charge in [0.1, 0.15) is 12.1 Å². The van der Waals surface area contributed by atoms with Gasteiger partial charge in [0.15, 0.2) is 11.6 Å². The molecule has 4 nitrogen and oxygen atoms in total. The van der Waals surface area contributed by atoms with Crippen molar-refractivity contribution in [2.45, 2.75) is 12.8 Å². The van der Waals surface area contributed by atoms with E-state index in [9.17, 15) is 4.79 Å². The Labute approximate surface area is 176 Å². The number of rotatable bonds is 8. The Bertz CT molecular complexity index is 1050. The smallest absolute Gasteiger partial charge is 0.188 e. The third-order valence-electron chi connectivity index (χ3n) is 4.44. The van der Waals surface area contributed by atoms with Gasteiger partial charge in [-0.05, 0) is 30.2 Å². The topological polar surface area (TPSA) is 44.1 Å². The molecule has 0 saturated carbocycles. The molecule has 3 rings (SSSR count). The van der Waals surface area contributed by atoms with Gasteiger partial charge in [0.05, 0.1) is 18.5 Å². The first-order valence-corrected chi connectivity index (χ1v) is 9.87. The molecular formula is C21H19BrClFN2O2. The van der Waals surface area contributed by atoms with Crippen LogP contribution in [0.2, 0.25) is 5.02 Å². The zero-order chi connectivity index (χ0) is 20.3.